The van der Waals surface area contributed by atoms with Gasteiger partial charge in [-0.15, -0.1) is 11.6 Å². The van der Waals surface area contributed by atoms with Gasteiger partial charge in [0.25, 0.3) is 0 Å². The minimum Gasteiger partial charge on any atom is -0.383 e. The zero-order valence-corrected chi connectivity index (χ0v) is 13.8. The molecular weight excluding hydrogens is 347 g/mol. The molecule has 2 aromatic rings. The highest BCUT2D eigenvalue weighted by molar-refractivity contribution is 9.10. The van der Waals surface area contributed by atoms with Crippen LogP contribution < -0.4 is 0 Å². The minimum absolute atomic E-state index is 0.129. The van der Waals surface area contributed by atoms with Gasteiger partial charge in [0.15, 0.2) is 0 Å². The van der Waals surface area contributed by atoms with Gasteiger partial charge in [-0.1, -0.05) is 6.92 Å². The molecule has 110 valence electrons. The van der Waals surface area contributed by atoms with Crippen molar-refractivity contribution >= 4 is 38.6 Å². The SMILES string of the molecule is CCC(COC)n1c(CCCl)nc2cc(Br)c(F)cc21. The Bertz CT molecular complexity index is 602. The third kappa shape index (κ3) is 3.00. The van der Waals surface area contributed by atoms with E-state index in [0.717, 1.165) is 23.3 Å². The first-order valence-electron chi connectivity index (χ1n) is 6.53. The van der Waals surface area contributed by atoms with Gasteiger partial charge < -0.3 is 9.30 Å². The van der Waals surface area contributed by atoms with E-state index in [-0.39, 0.29) is 11.9 Å². The maximum absolute atomic E-state index is 13.8. The molecule has 0 bridgehead atoms. The fraction of sp³-hybridized carbons (Fsp3) is 0.500. The van der Waals surface area contributed by atoms with Crippen LogP contribution in [0.15, 0.2) is 16.6 Å². The van der Waals surface area contributed by atoms with Crippen LogP contribution in [0.5, 0.6) is 0 Å². The lowest BCUT2D eigenvalue weighted by Crippen LogP contribution is -2.17. The summed E-state index contributed by atoms with van der Waals surface area (Å²) in [7, 11) is 1.67. The van der Waals surface area contributed by atoms with Gasteiger partial charge in [-0.2, -0.15) is 0 Å². The predicted molar refractivity (Wildman–Crippen MR) is 83.0 cm³/mol. The number of ether oxygens (including phenoxy) is 1. The standard InChI is InChI=1S/C14H17BrClFN2O/c1-3-9(8-20-2)19-13-7-11(17)10(15)6-12(13)18-14(19)4-5-16/h6-7,9H,3-5,8H2,1-2H3. The molecule has 1 heterocycles. The van der Waals surface area contributed by atoms with Crippen molar-refractivity contribution in [3.05, 3.63) is 28.2 Å². The maximum atomic E-state index is 13.8. The molecule has 0 radical (unpaired) electrons. The van der Waals surface area contributed by atoms with Crippen LogP contribution in [0, 0.1) is 5.82 Å². The summed E-state index contributed by atoms with van der Waals surface area (Å²) in [6.45, 7) is 2.64. The number of hydrogen-bond acceptors (Lipinski definition) is 2. The second kappa shape index (κ2) is 6.87. The molecule has 0 aliphatic heterocycles. The van der Waals surface area contributed by atoms with Crippen molar-refractivity contribution in [2.75, 3.05) is 19.6 Å². The van der Waals surface area contributed by atoms with Crippen molar-refractivity contribution in [2.45, 2.75) is 25.8 Å². The van der Waals surface area contributed by atoms with Crippen molar-refractivity contribution in [1.82, 2.24) is 9.55 Å². The smallest absolute Gasteiger partial charge is 0.139 e. The lowest BCUT2D eigenvalue weighted by molar-refractivity contribution is 0.153. The van der Waals surface area contributed by atoms with Crippen LogP contribution in [-0.2, 0) is 11.2 Å². The number of benzene rings is 1. The molecule has 1 aromatic carbocycles. The topological polar surface area (TPSA) is 27.1 Å². The Hall–Kier alpha value is -0.650. The number of imidazole rings is 1. The summed E-state index contributed by atoms with van der Waals surface area (Å²) in [5.74, 6) is 1.07. The summed E-state index contributed by atoms with van der Waals surface area (Å²) >= 11 is 9.05. The molecule has 0 spiro atoms. The predicted octanol–water partition coefficient (Wildman–Crippen LogP) is 4.32. The van der Waals surface area contributed by atoms with Gasteiger partial charge in [-0.3, -0.25) is 0 Å². The van der Waals surface area contributed by atoms with Crippen molar-refractivity contribution in [1.29, 1.82) is 0 Å². The van der Waals surface area contributed by atoms with E-state index in [2.05, 4.69) is 32.4 Å². The summed E-state index contributed by atoms with van der Waals surface area (Å²) in [4.78, 5) is 4.58. The van der Waals surface area contributed by atoms with Crippen LogP contribution in [0.25, 0.3) is 11.0 Å². The number of aromatic nitrogens is 2. The third-order valence-corrected chi connectivity index (χ3v) is 4.11. The lowest BCUT2D eigenvalue weighted by Gasteiger charge is -2.19. The number of halogens is 3. The summed E-state index contributed by atoms with van der Waals surface area (Å²) < 4.78 is 21.6. The molecule has 3 nitrogen and oxygen atoms in total. The van der Waals surface area contributed by atoms with Crippen molar-refractivity contribution in [2.24, 2.45) is 0 Å². The molecule has 6 heteroatoms. The molecule has 0 saturated carbocycles. The summed E-state index contributed by atoms with van der Waals surface area (Å²) in [5.41, 5.74) is 1.56. The molecule has 0 aliphatic carbocycles. The normalized spacial score (nSPS) is 13.1. The van der Waals surface area contributed by atoms with E-state index in [1.54, 1.807) is 13.2 Å². The van der Waals surface area contributed by atoms with Gasteiger partial charge in [0, 0.05) is 25.5 Å². The highest BCUT2D eigenvalue weighted by Gasteiger charge is 2.19. The monoisotopic (exact) mass is 362 g/mol. The summed E-state index contributed by atoms with van der Waals surface area (Å²) in [6, 6.07) is 3.35. The third-order valence-electron chi connectivity index (χ3n) is 3.32. The second-order valence-corrected chi connectivity index (χ2v) is 5.84. The van der Waals surface area contributed by atoms with E-state index < -0.39 is 0 Å². The Morgan fingerprint density at radius 2 is 2.25 bits per heavy atom. The van der Waals surface area contributed by atoms with Gasteiger partial charge >= 0.3 is 0 Å². The molecular formula is C14H17BrClFN2O. The van der Waals surface area contributed by atoms with E-state index in [0.29, 0.717) is 23.4 Å². The maximum Gasteiger partial charge on any atom is 0.139 e. The number of alkyl halides is 1. The molecule has 1 unspecified atom stereocenters. The van der Waals surface area contributed by atoms with Crippen LogP contribution in [0.1, 0.15) is 25.2 Å². The van der Waals surface area contributed by atoms with Gasteiger partial charge in [-0.25, -0.2) is 9.37 Å². The molecule has 0 N–H and O–H groups in total. The number of hydrogen-bond donors (Lipinski definition) is 0. The van der Waals surface area contributed by atoms with E-state index in [1.165, 1.54) is 6.07 Å². The highest BCUT2D eigenvalue weighted by Crippen LogP contribution is 2.28. The van der Waals surface area contributed by atoms with Gasteiger partial charge in [0.1, 0.15) is 11.6 Å². The van der Waals surface area contributed by atoms with E-state index in [9.17, 15) is 4.39 Å². The molecule has 2 rings (SSSR count). The zero-order chi connectivity index (χ0) is 14.7. The number of rotatable bonds is 6. The Balaban J connectivity index is 2.63. The summed E-state index contributed by atoms with van der Waals surface area (Å²) in [5, 5.41) is 0. The Kier molecular flexibility index (Phi) is 5.41. The van der Waals surface area contributed by atoms with Crippen LogP contribution in [0.3, 0.4) is 0 Å². The Morgan fingerprint density at radius 3 is 2.85 bits per heavy atom. The second-order valence-electron chi connectivity index (χ2n) is 4.61. The number of fused-ring (bicyclic) bond motifs is 1. The van der Waals surface area contributed by atoms with Gasteiger partial charge in [0.05, 0.1) is 28.2 Å². The van der Waals surface area contributed by atoms with Gasteiger partial charge in [0.2, 0.25) is 0 Å². The first kappa shape index (κ1) is 15.7. The molecule has 1 aromatic heterocycles. The van der Waals surface area contributed by atoms with Crippen molar-refractivity contribution in [3.8, 4) is 0 Å². The average molecular weight is 364 g/mol. The van der Waals surface area contributed by atoms with E-state index in [1.807, 2.05) is 0 Å². The van der Waals surface area contributed by atoms with Crippen LogP contribution in [0.2, 0.25) is 0 Å². The van der Waals surface area contributed by atoms with E-state index in [4.69, 9.17) is 16.3 Å². The lowest BCUT2D eigenvalue weighted by atomic mass is 10.2. The van der Waals surface area contributed by atoms with Crippen LogP contribution >= 0.6 is 27.5 Å². The van der Waals surface area contributed by atoms with Crippen molar-refractivity contribution in [3.63, 3.8) is 0 Å². The first-order chi connectivity index (χ1) is 9.62. The number of nitrogens with zero attached hydrogens (tertiary/aromatic N) is 2. The van der Waals surface area contributed by atoms with E-state index >= 15 is 0 Å². The quantitative estimate of drug-likeness (QED) is 0.715. The number of methoxy groups -OCH3 is 1. The van der Waals surface area contributed by atoms with Crippen LogP contribution in [-0.4, -0.2) is 29.1 Å². The molecule has 1 atom stereocenters. The Labute approximate surface area is 131 Å². The van der Waals surface area contributed by atoms with Gasteiger partial charge in [-0.05, 0) is 28.4 Å². The minimum atomic E-state index is -0.289. The largest absolute Gasteiger partial charge is 0.383 e. The fourth-order valence-electron chi connectivity index (χ4n) is 2.38. The molecule has 0 saturated heterocycles. The Morgan fingerprint density at radius 1 is 1.50 bits per heavy atom. The molecule has 0 aliphatic rings. The number of aryl methyl sites for hydroxylation is 1. The van der Waals surface area contributed by atoms with Crippen LogP contribution in [0.4, 0.5) is 4.39 Å². The fourth-order valence-corrected chi connectivity index (χ4v) is 2.88. The average Bonchev–Trinajstić information content (AvgIpc) is 2.74. The first-order valence-corrected chi connectivity index (χ1v) is 7.85. The highest BCUT2D eigenvalue weighted by atomic mass is 79.9. The molecule has 20 heavy (non-hydrogen) atoms. The zero-order valence-electron chi connectivity index (χ0n) is 11.5. The molecule has 0 fully saturated rings. The molecule has 0 amide bonds. The summed E-state index contributed by atoms with van der Waals surface area (Å²) in [6.07, 6.45) is 1.53. The van der Waals surface area contributed by atoms with Crippen molar-refractivity contribution < 1.29 is 9.13 Å².